The van der Waals surface area contributed by atoms with Gasteiger partial charge in [0.15, 0.2) is 0 Å². The van der Waals surface area contributed by atoms with Crippen LogP contribution in [0.25, 0.3) is 0 Å². The molecule has 1 heterocycles. The molecule has 1 aliphatic heterocycles. The maximum Gasteiger partial charge on any atom is 0.326 e. The monoisotopic (exact) mass is 298 g/mol. The molecule has 0 spiro atoms. The largest absolute Gasteiger partial charge is 0.480 e. The van der Waals surface area contributed by atoms with E-state index >= 15 is 0 Å². The molecule has 1 unspecified atom stereocenters. The van der Waals surface area contributed by atoms with Crippen LogP contribution in [0.15, 0.2) is 30.3 Å². The van der Waals surface area contributed by atoms with Gasteiger partial charge in [0.2, 0.25) is 0 Å². The fraction of sp³-hybridized carbons (Fsp3) is 0.462. The lowest BCUT2D eigenvalue weighted by atomic mass is 10.1. The number of nitrogens with zero attached hydrogens (tertiary/aromatic N) is 1. The Kier molecular flexibility index (Phi) is 4.42. The summed E-state index contributed by atoms with van der Waals surface area (Å²) in [5.74, 6) is -0.918. The zero-order chi connectivity index (χ0) is 14.8. The second kappa shape index (κ2) is 5.90. The van der Waals surface area contributed by atoms with Crippen molar-refractivity contribution in [2.24, 2.45) is 5.92 Å². The predicted molar refractivity (Wildman–Crippen MR) is 74.2 cm³/mol. The molecule has 0 amide bonds. The maximum atomic E-state index is 12.2. The number of aliphatic carboxylic acids is 1. The summed E-state index contributed by atoms with van der Waals surface area (Å²) in [6.07, 6.45) is 0.796. The topological polar surface area (TPSA) is 86.7 Å². The van der Waals surface area contributed by atoms with Crippen molar-refractivity contribution < 1.29 is 18.3 Å². The molecule has 1 aromatic carbocycles. The highest BCUT2D eigenvalue weighted by atomic mass is 32.2. The normalized spacial score (nSPS) is 21.8. The highest BCUT2D eigenvalue weighted by molar-refractivity contribution is 7.87. The number of carbonyl (C=O) groups is 1. The molecule has 7 heteroatoms. The van der Waals surface area contributed by atoms with Gasteiger partial charge in [0, 0.05) is 13.1 Å². The SMILES string of the molecule is CC1CCN(S(=O)(=O)N[C@@H](C(=O)O)c2ccccc2)C1. The molecule has 1 saturated heterocycles. The van der Waals surface area contributed by atoms with Gasteiger partial charge in [0.05, 0.1) is 0 Å². The number of benzene rings is 1. The summed E-state index contributed by atoms with van der Waals surface area (Å²) in [7, 11) is -3.78. The average molecular weight is 298 g/mol. The minimum Gasteiger partial charge on any atom is -0.480 e. The molecule has 2 rings (SSSR count). The molecular weight excluding hydrogens is 280 g/mol. The molecule has 0 radical (unpaired) electrons. The third kappa shape index (κ3) is 3.36. The Morgan fingerprint density at radius 2 is 2.05 bits per heavy atom. The molecule has 0 aliphatic carbocycles. The first-order chi connectivity index (χ1) is 9.40. The lowest BCUT2D eigenvalue weighted by molar-refractivity contribution is -0.139. The summed E-state index contributed by atoms with van der Waals surface area (Å²) in [4.78, 5) is 11.3. The van der Waals surface area contributed by atoms with Crippen LogP contribution < -0.4 is 4.72 Å². The van der Waals surface area contributed by atoms with E-state index in [9.17, 15) is 18.3 Å². The molecule has 20 heavy (non-hydrogen) atoms. The van der Waals surface area contributed by atoms with Gasteiger partial charge in [-0.05, 0) is 17.9 Å². The molecule has 1 aromatic rings. The smallest absolute Gasteiger partial charge is 0.326 e. The standard InChI is InChI=1S/C13H18N2O4S/c1-10-7-8-15(9-10)20(18,19)14-12(13(16)17)11-5-3-2-4-6-11/h2-6,10,12,14H,7-9H2,1H3,(H,16,17)/t10?,12-/m1/s1. The fourth-order valence-corrected chi connectivity index (χ4v) is 3.72. The quantitative estimate of drug-likeness (QED) is 0.848. The minimum atomic E-state index is -3.78. The molecule has 2 N–H and O–H groups in total. The molecule has 110 valence electrons. The van der Waals surface area contributed by atoms with Crippen LogP contribution in [0.1, 0.15) is 24.9 Å². The van der Waals surface area contributed by atoms with Crippen molar-refractivity contribution in [2.75, 3.05) is 13.1 Å². The lowest BCUT2D eigenvalue weighted by Gasteiger charge is -2.20. The second-order valence-electron chi connectivity index (χ2n) is 5.06. The number of carboxylic acid groups (broad SMARTS) is 1. The van der Waals surface area contributed by atoms with Crippen molar-refractivity contribution in [1.29, 1.82) is 0 Å². The van der Waals surface area contributed by atoms with Crippen LogP contribution in [0, 0.1) is 5.92 Å². The zero-order valence-corrected chi connectivity index (χ0v) is 12.0. The van der Waals surface area contributed by atoms with Gasteiger partial charge >= 0.3 is 5.97 Å². The number of nitrogens with one attached hydrogen (secondary N) is 1. The molecular formula is C13H18N2O4S. The molecule has 0 bridgehead atoms. The van der Waals surface area contributed by atoms with E-state index in [2.05, 4.69) is 4.72 Å². The van der Waals surface area contributed by atoms with Crippen molar-refractivity contribution in [3.63, 3.8) is 0 Å². The third-order valence-corrected chi connectivity index (χ3v) is 4.92. The van der Waals surface area contributed by atoms with E-state index in [4.69, 9.17) is 0 Å². The van der Waals surface area contributed by atoms with E-state index in [0.29, 0.717) is 24.6 Å². The number of hydrogen-bond donors (Lipinski definition) is 2. The van der Waals surface area contributed by atoms with Gasteiger partial charge in [-0.2, -0.15) is 17.4 Å². The average Bonchev–Trinajstić information content (AvgIpc) is 2.84. The lowest BCUT2D eigenvalue weighted by Crippen LogP contribution is -2.43. The highest BCUT2D eigenvalue weighted by Gasteiger charge is 2.33. The van der Waals surface area contributed by atoms with Crippen molar-refractivity contribution in [2.45, 2.75) is 19.4 Å². The molecule has 0 aromatic heterocycles. The van der Waals surface area contributed by atoms with E-state index in [1.807, 2.05) is 6.92 Å². The summed E-state index contributed by atoms with van der Waals surface area (Å²) < 4.78 is 28.0. The van der Waals surface area contributed by atoms with Gasteiger partial charge in [-0.15, -0.1) is 0 Å². The summed E-state index contributed by atoms with van der Waals surface area (Å²) in [6.45, 7) is 2.83. The highest BCUT2D eigenvalue weighted by Crippen LogP contribution is 2.20. The Hall–Kier alpha value is -1.44. The number of carboxylic acids is 1. The zero-order valence-electron chi connectivity index (χ0n) is 11.2. The minimum absolute atomic E-state index is 0.298. The van der Waals surface area contributed by atoms with Gasteiger partial charge < -0.3 is 5.11 Å². The van der Waals surface area contributed by atoms with Gasteiger partial charge in [-0.1, -0.05) is 37.3 Å². The van der Waals surface area contributed by atoms with Crippen LogP contribution in [0.2, 0.25) is 0 Å². The summed E-state index contributed by atoms with van der Waals surface area (Å²) >= 11 is 0. The van der Waals surface area contributed by atoms with Crippen molar-refractivity contribution in [3.05, 3.63) is 35.9 Å². The summed E-state index contributed by atoms with van der Waals surface area (Å²) in [5, 5.41) is 9.24. The van der Waals surface area contributed by atoms with E-state index < -0.39 is 22.2 Å². The van der Waals surface area contributed by atoms with E-state index in [-0.39, 0.29) is 0 Å². The van der Waals surface area contributed by atoms with Gasteiger partial charge in [-0.3, -0.25) is 4.79 Å². The summed E-state index contributed by atoms with van der Waals surface area (Å²) in [5.41, 5.74) is 0.413. The molecule has 6 nitrogen and oxygen atoms in total. The predicted octanol–water partition coefficient (Wildman–Crippen LogP) is 0.988. The van der Waals surface area contributed by atoms with Gasteiger partial charge in [0.1, 0.15) is 6.04 Å². The molecule has 2 atom stereocenters. The van der Waals surface area contributed by atoms with E-state index in [0.717, 1.165) is 6.42 Å². The Morgan fingerprint density at radius 3 is 2.55 bits per heavy atom. The van der Waals surface area contributed by atoms with Crippen molar-refractivity contribution in [3.8, 4) is 0 Å². The number of rotatable bonds is 5. The fourth-order valence-electron chi connectivity index (χ4n) is 2.24. The van der Waals surface area contributed by atoms with E-state index in [1.165, 1.54) is 4.31 Å². The van der Waals surface area contributed by atoms with Crippen LogP contribution in [0.3, 0.4) is 0 Å². The first-order valence-corrected chi connectivity index (χ1v) is 7.89. The third-order valence-electron chi connectivity index (χ3n) is 3.37. The van der Waals surface area contributed by atoms with Gasteiger partial charge in [0.25, 0.3) is 10.2 Å². The molecule has 1 aliphatic rings. The molecule has 1 fully saturated rings. The van der Waals surface area contributed by atoms with Crippen molar-refractivity contribution in [1.82, 2.24) is 9.03 Å². The first-order valence-electron chi connectivity index (χ1n) is 6.45. The Labute approximate surface area is 118 Å². The molecule has 0 saturated carbocycles. The van der Waals surface area contributed by atoms with E-state index in [1.54, 1.807) is 30.3 Å². The Balaban J connectivity index is 2.19. The Bertz CT molecular complexity index is 573. The summed E-state index contributed by atoms with van der Waals surface area (Å²) in [6, 6.07) is 7.02. The van der Waals surface area contributed by atoms with Crippen LogP contribution >= 0.6 is 0 Å². The Morgan fingerprint density at radius 1 is 1.40 bits per heavy atom. The number of hydrogen-bond acceptors (Lipinski definition) is 3. The second-order valence-corrected chi connectivity index (χ2v) is 6.76. The maximum absolute atomic E-state index is 12.2. The van der Waals surface area contributed by atoms with Crippen molar-refractivity contribution >= 4 is 16.2 Å². The van der Waals surface area contributed by atoms with Gasteiger partial charge in [-0.25, -0.2) is 0 Å². The van der Waals surface area contributed by atoms with Crippen LogP contribution in [-0.2, 0) is 15.0 Å². The first kappa shape index (κ1) is 15.0. The van der Waals surface area contributed by atoms with Crippen LogP contribution in [-0.4, -0.2) is 36.9 Å². The van der Waals surface area contributed by atoms with Crippen LogP contribution in [0.5, 0.6) is 0 Å². The van der Waals surface area contributed by atoms with Crippen LogP contribution in [0.4, 0.5) is 0 Å².